The van der Waals surface area contributed by atoms with Gasteiger partial charge in [0.05, 0.1) is 11.8 Å². The molecule has 0 saturated heterocycles. The summed E-state index contributed by atoms with van der Waals surface area (Å²) in [6, 6.07) is 2.00. The van der Waals surface area contributed by atoms with Crippen LogP contribution in [0, 0.1) is 0 Å². The highest BCUT2D eigenvalue weighted by atomic mass is 32.2. The molecule has 0 aliphatic heterocycles. The molecule has 0 unspecified atom stereocenters. The van der Waals surface area contributed by atoms with E-state index in [1.165, 1.54) is 11.3 Å². The number of fused-ring (bicyclic) bond motifs is 1. The van der Waals surface area contributed by atoms with Crippen LogP contribution in [0.15, 0.2) is 22.8 Å². The first kappa shape index (κ1) is 15.9. The minimum absolute atomic E-state index is 0.218. The molecule has 0 bridgehead atoms. The maximum absolute atomic E-state index is 12.3. The second-order valence-corrected chi connectivity index (χ2v) is 7.57. The minimum Gasteiger partial charge on any atom is -0.296 e. The second-order valence-electron chi connectivity index (χ2n) is 5.08. The van der Waals surface area contributed by atoms with Gasteiger partial charge in [0.2, 0.25) is 5.13 Å². The summed E-state index contributed by atoms with van der Waals surface area (Å²) in [5.74, 6) is 0.670. The summed E-state index contributed by atoms with van der Waals surface area (Å²) in [7, 11) is 0. The molecule has 1 N–H and O–H groups in total. The monoisotopic (exact) mass is 348 g/mol. The number of amides is 1. The molecule has 1 amide bonds. The predicted molar refractivity (Wildman–Crippen MR) is 92.2 cm³/mol. The number of anilines is 1. The Bertz CT molecular complexity index is 841. The normalized spacial score (nSPS) is 11.3. The van der Waals surface area contributed by atoms with Crippen molar-refractivity contribution >= 4 is 45.2 Å². The number of nitrogens with one attached hydrogen (secondary N) is 1. The molecule has 120 valence electrons. The van der Waals surface area contributed by atoms with Gasteiger partial charge in [-0.3, -0.25) is 10.1 Å². The SMILES string of the molecule is CCSc1nnc(NC(=O)c2cnc3c(cnn3C(C)C)c2)s1. The Labute approximate surface area is 141 Å². The average Bonchev–Trinajstić information content (AvgIpc) is 3.13. The van der Waals surface area contributed by atoms with Gasteiger partial charge in [-0.05, 0) is 25.7 Å². The first-order valence-electron chi connectivity index (χ1n) is 7.19. The third kappa shape index (κ3) is 3.35. The molecule has 3 aromatic rings. The van der Waals surface area contributed by atoms with Gasteiger partial charge in [0.1, 0.15) is 0 Å². The van der Waals surface area contributed by atoms with Crippen LogP contribution in [-0.4, -0.2) is 36.6 Å². The third-order valence-corrected chi connectivity index (χ3v) is 4.93. The number of rotatable bonds is 5. The fourth-order valence-corrected chi connectivity index (χ4v) is 3.70. The van der Waals surface area contributed by atoms with Crippen molar-refractivity contribution < 1.29 is 4.79 Å². The molecular weight excluding hydrogens is 332 g/mol. The zero-order valence-corrected chi connectivity index (χ0v) is 14.6. The van der Waals surface area contributed by atoms with E-state index in [1.807, 2.05) is 25.5 Å². The van der Waals surface area contributed by atoms with E-state index >= 15 is 0 Å². The van der Waals surface area contributed by atoms with Gasteiger partial charge in [-0.1, -0.05) is 30.0 Å². The predicted octanol–water partition coefficient (Wildman–Crippen LogP) is 3.23. The van der Waals surface area contributed by atoms with E-state index in [2.05, 4.69) is 25.6 Å². The lowest BCUT2D eigenvalue weighted by Crippen LogP contribution is -2.12. The largest absolute Gasteiger partial charge is 0.296 e. The molecular formula is C14H16N6OS2. The quantitative estimate of drug-likeness (QED) is 0.563. The number of thioether (sulfide) groups is 1. The Morgan fingerprint density at radius 3 is 2.96 bits per heavy atom. The van der Waals surface area contributed by atoms with E-state index < -0.39 is 0 Å². The molecule has 0 radical (unpaired) electrons. The van der Waals surface area contributed by atoms with Crippen LogP contribution >= 0.6 is 23.1 Å². The summed E-state index contributed by atoms with van der Waals surface area (Å²) >= 11 is 2.96. The number of aromatic nitrogens is 5. The first-order valence-corrected chi connectivity index (χ1v) is 8.99. The van der Waals surface area contributed by atoms with Crippen LogP contribution in [0.4, 0.5) is 5.13 Å². The Balaban J connectivity index is 1.80. The van der Waals surface area contributed by atoms with E-state index in [0.29, 0.717) is 10.7 Å². The highest BCUT2D eigenvalue weighted by Gasteiger charge is 2.13. The Hall–Kier alpha value is -2.00. The van der Waals surface area contributed by atoms with Crippen LogP contribution in [0.2, 0.25) is 0 Å². The molecule has 3 aromatic heterocycles. The number of nitrogens with zero attached hydrogens (tertiary/aromatic N) is 5. The molecule has 7 nitrogen and oxygen atoms in total. The van der Waals surface area contributed by atoms with Crippen molar-refractivity contribution in [3.63, 3.8) is 0 Å². The van der Waals surface area contributed by atoms with E-state index in [1.54, 1.807) is 30.2 Å². The molecule has 0 saturated carbocycles. The van der Waals surface area contributed by atoms with Crippen molar-refractivity contribution in [1.82, 2.24) is 25.0 Å². The van der Waals surface area contributed by atoms with Crippen LogP contribution in [0.3, 0.4) is 0 Å². The van der Waals surface area contributed by atoms with Crippen molar-refractivity contribution in [3.05, 3.63) is 24.0 Å². The smallest absolute Gasteiger partial charge is 0.259 e. The first-order chi connectivity index (χ1) is 11.1. The summed E-state index contributed by atoms with van der Waals surface area (Å²) < 4.78 is 2.67. The Morgan fingerprint density at radius 1 is 1.39 bits per heavy atom. The van der Waals surface area contributed by atoms with E-state index in [0.717, 1.165) is 21.1 Å². The molecule has 0 aliphatic rings. The molecule has 3 rings (SSSR count). The molecule has 3 heterocycles. The summed E-state index contributed by atoms with van der Waals surface area (Å²) in [4.78, 5) is 16.7. The standard InChI is InChI=1S/C14H16N6OS2/c1-4-22-14-19-18-13(23-14)17-12(21)10-5-9-7-16-20(8(2)3)11(9)15-6-10/h5-8H,4H2,1-3H3,(H,17,18,21). The molecule has 0 fully saturated rings. The van der Waals surface area contributed by atoms with E-state index in [9.17, 15) is 4.79 Å². The fourth-order valence-electron chi connectivity index (χ4n) is 2.05. The molecule has 0 aliphatic carbocycles. The molecule has 0 spiro atoms. The van der Waals surface area contributed by atoms with E-state index in [-0.39, 0.29) is 11.9 Å². The van der Waals surface area contributed by atoms with Crippen LogP contribution < -0.4 is 5.32 Å². The lowest BCUT2D eigenvalue weighted by Gasteiger charge is -2.06. The lowest BCUT2D eigenvalue weighted by atomic mass is 10.2. The van der Waals surface area contributed by atoms with Crippen molar-refractivity contribution in [2.45, 2.75) is 31.2 Å². The third-order valence-electron chi connectivity index (χ3n) is 3.08. The zero-order valence-electron chi connectivity index (χ0n) is 13.0. The Kier molecular flexibility index (Phi) is 4.58. The molecule has 0 aromatic carbocycles. The highest BCUT2D eigenvalue weighted by molar-refractivity contribution is 8.01. The van der Waals surface area contributed by atoms with Crippen LogP contribution in [-0.2, 0) is 0 Å². The summed E-state index contributed by atoms with van der Waals surface area (Å²) in [6.45, 7) is 6.12. The Morgan fingerprint density at radius 2 is 2.22 bits per heavy atom. The van der Waals surface area contributed by atoms with Gasteiger partial charge in [0.15, 0.2) is 9.99 Å². The number of hydrogen-bond donors (Lipinski definition) is 1. The topological polar surface area (TPSA) is 85.6 Å². The highest BCUT2D eigenvalue weighted by Crippen LogP contribution is 2.25. The zero-order chi connectivity index (χ0) is 16.4. The van der Waals surface area contributed by atoms with E-state index in [4.69, 9.17) is 0 Å². The number of carbonyl (C=O) groups excluding carboxylic acids is 1. The number of hydrogen-bond acceptors (Lipinski definition) is 7. The van der Waals surface area contributed by atoms with Crippen LogP contribution in [0.1, 0.15) is 37.2 Å². The fraction of sp³-hybridized carbons (Fsp3) is 0.357. The van der Waals surface area contributed by atoms with Gasteiger partial charge in [-0.2, -0.15) is 5.10 Å². The maximum Gasteiger partial charge on any atom is 0.259 e. The molecule has 0 atom stereocenters. The second kappa shape index (κ2) is 6.63. The van der Waals surface area contributed by atoms with Gasteiger partial charge in [0.25, 0.3) is 5.91 Å². The minimum atomic E-state index is -0.249. The van der Waals surface area contributed by atoms with Gasteiger partial charge in [-0.25, -0.2) is 9.67 Å². The number of carbonyl (C=O) groups is 1. The molecule has 23 heavy (non-hydrogen) atoms. The van der Waals surface area contributed by atoms with Gasteiger partial charge in [0, 0.05) is 17.6 Å². The summed E-state index contributed by atoms with van der Waals surface area (Å²) in [6.07, 6.45) is 3.28. The summed E-state index contributed by atoms with van der Waals surface area (Å²) in [5.41, 5.74) is 1.25. The van der Waals surface area contributed by atoms with Crippen LogP contribution in [0.5, 0.6) is 0 Å². The van der Waals surface area contributed by atoms with Crippen molar-refractivity contribution in [2.24, 2.45) is 0 Å². The van der Waals surface area contributed by atoms with Gasteiger partial charge < -0.3 is 0 Å². The van der Waals surface area contributed by atoms with Crippen molar-refractivity contribution in [1.29, 1.82) is 0 Å². The maximum atomic E-state index is 12.3. The average molecular weight is 348 g/mol. The lowest BCUT2D eigenvalue weighted by molar-refractivity contribution is 0.102. The van der Waals surface area contributed by atoms with Crippen LogP contribution in [0.25, 0.3) is 11.0 Å². The molecule has 9 heteroatoms. The van der Waals surface area contributed by atoms with Gasteiger partial charge >= 0.3 is 0 Å². The van der Waals surface area contributed by atoms with Gasteiger partial charge in [-0.15, -0.1) is 10.2 Å². The van der Waals surface area contributed by atoms with Crippen molar-refractivity contribution in [3.8, 4) is 0 Å². The number of pyridine rings is 1. The van der Waals surface area contributed by atoms with Crippen molar-refractivity contribution in [2.75, 3.05) is 11.1 Å². The summed E-state index contributed by atoms with van der Waals surface area (Å²) in [5, 5.41) is 16.4.